The molecule has 0 bridgehead atoms. The summed E-state index contributed by atoms with van der Waals surface area (Å²) in [5.41, 5.74) is 7.53. The van der Waals surface area contributed by atoms with Crippen molar-refractivity contribution >= 4 is 40.6 Å². The van der Waals surface area contributed by atoms with Crippen molar-refractivity contribution in [3.8, 4) is 0 Å². The molecule has 3 heterocycles. The lowest BCUT2D eigenvalue weighted by Gasteiger charge is -2.33. The molecule has 2 aliphatic heterocycles. The summed E-state index contributed by atoms with van der Waals surface area (Å²) < 4.78 is 2.82. The minimum atomic E-state index is -0.396. The normalized spacial score (nSPS) is 18.2. The number of piperidine rings is 1. The number of primary amides is 1. The predicted molar refractivity (Wildman–Crippen MR) is 150 cm³/mol. The third-order valence-electron chi connectivity index (χ3n) is 7.52. The minimum absolute atomic E-state index is 0.188. The fourth-order valence-corrected chi connectivity index (χ4v) is 5.86. The number of likely N-dealkylation sites (tertiary alicyclic amines) is 1. The maximum Gasteiger partial charge on any atom is 0.332 e. The predicted octanol–water partition coefficient (Wildman–Crippen LogP) is 3.71. The van der Waals surface area contributed by atoms with Gasteiger partial charge in [-0.1, -0.05) is 53.5 Å². The highest BCUT2D eigenvalue weighted by Gasteiger charge is 2.33. The number of carbonyl (C=O) groups excluding carboxylic acids is 1. The Bertz CT molecular complexity index is 1520. The molecule has 1 atom stereocenters. The van der Waals surface area contributed by atoms with Gasteiger partial charge in [0.1, 0.15) is 5.82 Å². The summed E-state index contributed by atoms with van der Waals surface area (Å²) in [4.78, 5) is 45.3. The van der Waals surface area contributed by atoms with Crippen LogP contribution >= 0.6 is 23.2 Å². The molecule has 198 valence electrons. The van der Waals surface area contributed by atoms with Crippen molar-refractivity contribution in [1.29, 1.82) is 0 Å². The van der Waals surface area contributed by atoms with Crippen molar-refractivity contribution in [2.75, 3.05) is 19.6 Å². The third-order valence-corrected chi connectivity index (χ3v) is 8.10. The molecular weight excluding hydrogens is 525 g/mol. The Morgan fingerprint density at radius 2 is 1.74 bits per heavy atom. The summed E-state index contributed by atoms with van der Waals surface area (Å²) in [5.74, 6) is -0.0948. The second kappa shape index (κ2) is 10.9. The van der Waals surface area contributed by atoms with Gasteiger partial charge in [0.25, 0.3) is 5.56 Å². The van der Waals surface area contributed by atoms with Crippen LogP contribution in [-0.2, 0) is 18.4 Å². The van der Waals surface area contributed by atoms with Crippen LogP contribution in [0, 0.1) is 5.92 Å². The van der Waals surface area contributed by atoms with Crippen LogP contribution in [0.1, 0.15) is 41.9 Å². The number of nitrogens with zero attached hydrogens (tertiary/aromatic N) is 4. The summed E-state index contributed by atoms with van der Waals surface area (Å²) in [5, 5.41) is 1.16. The van der Waals surface area contributed by atoms with Crippen LogP contribution in [0.5, 0.6) is 0 Å². The number of hydrogen-bond donors (Lipinski definition) is 1. The van der Waals surface area contributed by atoms with Gasteiger partial charge in [0.2, 0.25) is 5.91 Å². The second-order valence-electron chi connectivity index (χ2n) is 10.0. The molecule has 10 heteroatoms. The topological polar surface area (TPSA) is 103 Å². The van der Waals surface area contributed by atoms with E-state index in [2.05, 4.69) is 0 Å². The van der Waals surface area contributed by atoms with E-state index in [1.54, 1.807) is 16.7 Å². The van der Waals surface area contributed by atoms with Crippen LogP contribution in [0.3, 0.4) is 0 Å². The molecule has 0 saturated carbocycles. The number of fused-ring (bicyclic) bond motifs is 1. The first-order valence-corrected chi connectivity index (χ1v) is 13.4. The monoisotopic (exact) mass is 553 g/mol. The van der Waals surface area contributed by atoms with Crippen molar-refractivity contribution < 1.29 is 4.79 Å². The molecule has 2 N–H and O–H groups in total. The number of amides is 1. The highest BCUT2D eigenvalue weighted by Crippen LogP contribution is 2.39. The Morgan fingerprint density at radius 3 is 2.39 bits per heavy atom. The van der Waals surface area contributed by atoms with Crippen molar-refractivity contribution in [2.24, 2.45) is 23.7 Å². The molecule has 1 amide bonds. The Morgan fingerprint density at radius 1 is 1.05 bits per heavy atom. The van der Waals surface area contributed by atoms with Crippen LogP contribution in [0.25, 0.3) is 0 Å². The number of aromatic nitrogens is 2. The second-order valence-corrected chi connectivity index (χ2v) is 10.9. The highest BCUT2D eigenvalue weighted by atomic mass is 35.5. The third kappa shape index (κ3) is 5.21. The molecule has 5 rings (SSSR count). The Balaban J connectivity index is 1.62. The van der Waals surface area contributed by atoms with Crippen molar-refractivity contribution in [1.82, 2.24) is 14.0 Å². The zero-order valence-electron chi connectivity index (χ0n) is 21.1. The van der Waals surface area contributed by atoms with Gasteiger partial charge < -0.3 is 5.73 Å². The number of hydrogen-bond acceptors (Lipinski definition) is 5. The fraction of sp³-hybridized carbons (Fsp3) is 0.357. The maximum atomic E-state index is 13.6. The first-order valence-electron chi connectivity index (χ1n) is 12.6. The summed E-state index contributed by atoms with van der Waals surface area (Å²) in [6.07, 6.45) is 2.06. The van der Waals surface area contributed by atoms with Crippen molar-refractivity contribution in [2.45, 2.75) is 31.7 Å². The summed E-state index contributed by atoms with van der Waals surface area (Å²) >= 11 is 12.7. The molecule has 1 saturated heterocycles. The lowest BCUT2D eigenvalue weighted by atomic mass is 9.84. The summed E-state index contributed by atoms with van der Waals surface area (Å²) in [6, 6.07) is 14.9. The van der Waals surface area contributed by atoms with E-state index < -0.39 is 5.69 Å². The van der Waals surface area contributed by atoms with E-state index in [1.807, 2.05) is 41.3 Å². The molecule has 38 heavy (non-hydrogen) atoms. The fourth-order valence-electron chi connectivity index (χ4n) is 5.49. The van der Waals surface area contributed by atoms with Gasteiger partial charge in [-0.25, -0.2) is 9.79 Å². The zero-order chi connectivity index (χ0) is 27.0. The van der Waals surface area contributed by atoms with Crippen molar-refractivity contribution in [3.05, 3.63) is 96.1 Å². The van der Waals surface area contributed by atoms with E-state index in [9.17, 15) is 14.4 Å². The number of aliphatic imine (C=N–C) groups is 1. The lowest BCUT2D eigenvalue weighted by molar-refractivity contribution is -0.119. The molecule has 0 aliphatic carbocycles. The molecule has 0 radical (unpaired) electrons. The van der Waals surface area contributed by atoms with Gasteiger partial charge >= 0.3 is 5.69 Å². The standard InChI is InChI=1S/C28H29Cl2N5O3/c1-33-27(37)25-21(18-6-8-19(29)9-7-18)14-23(20-4-2-3-5-22(20)30)32-26(25)35(28(33)38)15-17-10-12-34(13-11-17)16-24(31)36/h2-9,17,21H,10-16H2,1H3,(H2,31,36). The Labute approximate surface area is 230 Å². The van der Waals surface area contributed by atoms with Gasteiger partial charge in [-0.2, -0.15) is 0 Å². The molecule has 1 unspecified atom stereocenters. The number of benzene rings is 2. The average molecular weight is 554 g/mol. The van der Waals surface area contributed by atoms with Gasteiger partial charge in [-0.3, -0.25) is 23.6 Å². The SMILES string of the molecule is Cn1c(=O)c2c(n(CC3CCN(CC(N)=O)CC3)c1=O)N=C(c1ccccc1Cl)CC2c1ccc(Cl)cc1. The van der Waals surface area contributed by atoms with Crippen LogP contribution in [0.2, 0.25) is 10.0 Å². The van der Waals surface area contributed by atoms with Crippen LogP contribution in [0.15, 0.2) is 63.1 Å². The van der Waals surface area contributed by atoms with Gasteiger partial charge in [0, 0.05) is 41.5 Å². The minimum Gasteiger partial charge on any atom is -0.369 e. The van der Waals surface area contributed by atoms with Gasteiger partial charge in [-0.05, 0) is 55.6 Å². The summed E-state index contributed by atoms with van der Waals surface area (Å²) in [7, 11) is 1.52. The smallest absolute Gasteiger partial charge is 0.332 e. The Hall–Kier alpha value is -3.20. The van der Waals surface area contributed by atoms with E-state index >= 15 is 0 Å². The molecule has 2 aromatic carbocycles. The molecule has 1 fully saturated rings. The van der Waals surface area contributed by atoms with Crippen LogP contribution in [0.4, 0.5) is 5.82 Å². The number of nitrogens with two attached hydrogens (primary N) is 1. The molecule has 8 nitrogen and oxygen atoms in total. The summed E-state index contributed by atoms with van der Waals surface area (Å²) in [6.45, 7) is 2.10. The van der Waals surface area contributed by atoms with E-state index in [-0.39, 0.29) is 29.8 Å². The average Bonchev–Trinajstić information content (AvgIpc) is 2.90. The van der Waals surface area contributed by atoms with Gasteiger partial charge in [0.05, 0.1) is 17.8 Å². The van der Waals surface area contributed by atoms with E-state index in [4.69, 9.17) is 33.9 Å². The zero-order valence-corrected chi connectivity index (χ0v) is 22.6. The lowest BCUT2D eigenvalue weighted by Crippen LogP contribution is -2.44. The number of rotatable bonds is 6. The van der Waals surface area contributed by atoms with E-state index in [1.165, 1.54) is 11.6 Å². The first-order chi connectivity index (χ1) is 18.2. The Kier molecular flexibility index (Phi) is 7.56. The molecular formula is C28H29Cl2N5O3. The molecule has 2 aliphatic rings. The molecule has 3 aromatic rings. The first kappa shape index (κ1) is 26.4. The van der Waals surface area contributed by atoms with Crippen LogP contribution in [-0.4, -0.2) is 45.3 Å². The van der Waals surface area contributed by atoms with Crippen molar-refractivity contribution in [3.63, 3.8) is 0 Å². The largest absolute Gasteiger partial charge is 0.369 e. The number of halogens is 2. The quantitative estimate of drug-likeness (QED) is 0.502. The maximum absolute atomic E-state index is 13.6. The highest BCUT2D eigenvalue weighted by molar-refractivity contribution is 6.34. The van der Waals surface area contributed by atoms with E-state index in [0.29, 0.717) is 34.4 Å². The van der Waals surface area contributed by atoms with Gasteiger partial charge in [0.15, 0.2) is 0 Å². The van der Waals surface area contributed by atoms with Crippen LogP contribution < -0.4 is 17.0 Å². The van der Waals surface area contributed by atoms with Gasteiger partial charge in [-0.15, -0.1) is 0 Å². The van der Waals surface area contributed by atoms with E-state index in [0.717, 1.165) is 42.8 Å². The number of carbonyl (C=O) groups is 1. The molecule has 1 aromatic heterocycles. The molecule has 0 spiro atoms.